The fourth-order valence-electron chi connectivity index (χ4n) is 2.11. The molecule has 0 bridgehead atoms. The van der Waals surface area contributed by atoms with Gasteiger partial charge in [0.1, 0.15) is 0 Å². The summed E-state index contributed by atoms with van der Waals surface area (Å²) in [5, 5.41) is 4.36. The average Bonchev–Trinajstić information content (AvgIpc) is 2.84. The summed E-state index contributed by atoms with van der Waals surface area (Å²) in [6, 6.07) is 12.0. The van der Waals surface area contributed by atoms with Gasteiger partial charge in [-0.25, -0.2) is 4.79 Å². The largest absolute Gasteiger partial charge is 0.461 e. The predicted molar refractivity (Wildman–Crippen MR) is 77.7 cm³/mol. The van der Waals surface area contributed by atoms with E-state index in [2.05, 4.69) is 24.2 Å². The molecule has 0 amide bonds. The highest BCUT2D eigenvalue weighted by Crippen LogP contribution is 2.13. The Bertz CT molecular complexity index is 561. The van der Waals surface area contributed by atoms with E-state index in [1.807, 2.05) is 28.9 Å². The van der Waals surface area contributed by atoms with Crippen LogP contribution in [0.1, 0.15) is 42.0 Å². The van der Waals surface area contributed by atoms with E-state index in [0.29, 0.717) is 12.3 Å². The lowest BCUT2D eigenvalue weighted by atomic mass is 10.1. The lowest BCUT2D eigenvalue weighted by molar-refractivity contribution is 0.0518. The van der Waals surface area contributed by atoms with Gasteiger partial charge in [0, 0.05) is 18.7 Å². The molecule has 4 heteroatoms. The Morgan fingerprint density at radius 3 is 2.65 bits per heavy atom. The first kappa shape index (κ1) is 14.3. The molecule has 0 radical (unpaired) electrons. The molecule has 0 atom stereocenters. The molecule has 1 heterocycles. The van der Waals surface area contributed by atoms with Crippen molar-refractivity contribution in [3.63, 3.8) is 0 Å². The lowest BCUT2D eigenvalue weighted by Gasteiger charge is -2.05. The summed E-state index contributed by atoms with van der Waals surface area (Å²) >= 11 is 0. The molecule has 20 heavy (non-hydrogen) atoms. The SMILES string of the molecule is CCCn1nc(C(=O)OCC)cc1Cc1ccccc1. The highest BCUT2D eigenvalue weighted by Gasteiger charge is 2.15. The van der Waals surface area contributed by atoms with Crippen molar-refractivity contribution in [3.8, 4) is 0 Å². The molecule has 2 rings (SSSR count). The molecule has 0 aliphatic carbocycles. The molecule has 106 valence electrons. The minimum Gasteiger partial charge on any atom is -0.461 e. The molecule has 0 aliphatic rings. The van der Waals surface area contributed by atoms with Crippen molar-refractivity contribution >= 4 is 5.97 Å². The van der Waals surface area contributed by atoms with Crippen LogP contribution in [0.3, 0.4) is 0 Å². The molecule has 0 unspecified atom stereocenters. The number of rotatable bonds is 6. The number of carbonyl (C=O) groups excluding carboxylic acids is 1. The van der Waals surface area contributed by atoms with Crippen LogP contribution < -0.4 is 0 Å². The quantitative estimate of drug-likeness (QED) is 0.759. The summed E-state index contributed by atoms with van der Waals surface area (Å²) < 4.78 is 6.91. The van der Waals surface area contributed by atoms with Crippen molar-refractivity contribution < 1.29 is 9.53 Å². The third kappa shape index (κ3) is 3.47. The first-order chi connectivity index (χ1) is 9.74. The molecule has 2 aromatic rings. The van der Waals surface area contributed by atoms with E-state index < -0.39 is 0 Å². The summed E-state index contributed by atoms with van der Waals surface area (Å²) in [4.78, 5) is 11.8. The van der Waals surface area contributed by atoms with Gasteiger partial charge in [-0.2, -0.15) is 5.10 Å². The summed E-state index contributed by atoms with van der Waals surface area (Å²) in [5.74, 6) is -0.350. The first-order valence-corrected chi connectivity index (χ1v) is 7.02. The van der Waals surface area contributed by atoms with Gasteiger partial charge >= 0.3 is 5.97 Å². The number of aryl methyl sites for hydroxylation is 1. The van der Waals surface area contributed by atoms with E-state index in [4.69, 9.17) is 4.74 Å². The van der Waals surface area contributed by atoms with E-state index in [-0.39, 0.29) is 5.97 Å². The fraction of sp³-hybridized carbons (Fsp3) is 0.375. The van der Waals surface area contributed by atoms with Gasteiger partial charge in [0.25, 0.3) is 0 Å². The number of esters is 1. The van der Waals surface area contributed by atoms with Gasteiger partial charge < -0.3 is 4.74 Å². The number of ether oxygens (including phenoxy) is 1. The zero-order valence-electron chi connectivity index (χ0n) is 12.0. The molecule has 1 aromatic carbocycles. The minimum atomic E-state index is -0.350. The second kappa shape index (κ2) is 6.89. The van der Waals surface area contributed by atoms with Crippen LogP contribution in [0.4, 0.5) is 0 Å². The molecule has 0 spiro atoms. The standard InChI is InChI=1S/C16H20N2O2/c1-3-10-18-14(11-13-8-6-5-7-9-13)12-15(17-18)16(19)20-4-2/h5-9,12H,3-4,10-11H2,1-2H3. The van der Waals surface area contributed by atoms with E-state index in [0.717, 1.165) is 25.1 Å². The fourth-order valence-corrected chi connectivity index (χ4v) is 2.11. The van der Waals surface area contributed by atoms with Gasteiger partial charge in [-0.3, -0.25) is 4.68 Å². The van der Waals surface area contributed by atoms with Crippen LogP contribution in [0.5, 0.6) is 0 Å². The third-order valence-electron chi connectivity index (χ3n) is 3.01. The summed E-state index contributed by atoms with van der Waals surface area (Å²) in [5.41, 5.74) is 2.65. The van der Waals surface area contributed by atoms with Crippen molar-refractivity contribution in [3.05, 3.63) is 53.3 Å². The maximum Gasteiger partial charge on any atom is 0.358 e. The summed E-state index contributed by atoms with van der Waals surface area (Å²) in [6.07, 6.45) is 1.75. The Labute approximate surface area is 119 Å². The van der Waals surface area contributed by atoms with Gasteiger partial charge in [-0.15, -0.1) is 0 Å². The lowest BCUT2D eigenvalue weighted by Crippen LogP contribution is -2.08. The van der Waals surface area contributed by atoms with Gasteiger partial charge in [-0.05, 0) is 25.0 Å². The number of hydrogen-bond acceptors (Lipinski definition) is 3. The van der Waals surface area contributed by atoms with Crippen LogP contribution in [-0.2, 0) is 17.7 Å². The van der Waals surface area contributed by atoms with Crippen molar-refractivity contribution in [1.29, 1.82) is 0 Å². The minimum absolute atomic E-state index is 0.350. The van der Waals surface area contributed by atoms with E-state index in [1.165, 1.54) is 5.56 Å². The third-order valence-corrected chi connectivity index (χ3v) is 3.01. The highest BCUT2D eigenvalue weighted by atomic mass is 16.5. The van der Waals surface area contributed by atoms with Crippen molar-refractivity contribution in [1.82, 2.24) is 9.78 Å². The molecular weight excluding hydrogens is 252 g/mol. The Morgan fingerprint density at radius 2 is 2.00 bits per heavy atom. The topological polar surface area (TPSA) is 44.1 Å². The molecule has 0 aliphatic heterocycles. The monoisotopic (exact) mass is 272 g/mol. The second-order valence-corrected chi connectivity index (χ2v) is 4.63. The van der Waals surface area contributed by atoms with Crippen LogP contribution >= 0.6 is 0 Å². The zero-order valence-corrected chi connectivity index (χ0v) is 12.0. The Kier molecular flexibility index (Phi) is 4.93. The molecule has 0 N–H and O–H groups in total. The Balaban J connectivity index is 2.24. The summed E-state index contributed by atoms with van der Waals surface area (Å²) in [7, 11) is 0. The van der Waals surface area contributed by atoms with Crippen LogP contribution in [0.2, 0.25) is 0 Å². The number of aromatic nitrogens is 2. The van der Waals surface area contributed by atoms with Crippen LogP contribution in [0.25, 0.3) is 0 Å². The van der Waals surface area contributed by atoms with Crippen LogP contribution in [0, 0.1) is 0 Å². The zero-order chi connectivity index (χ0) is 14.4. The van der Waals surface area contributed by atoms with Gasteiger partial charge in [0.05, 0.1) is 6.61 Å². The molecular formula is C16H20N2O2. The molecule has 1 aromatic heterocycles. The number of carbonyl (C=O) groups is 1. The van der Waals surface area contributed by atoms with Crippen molar-refractivity contribution in [2.45, 2.75) is 33.2 Å². The first-order valence-electron chi connectivity index (χ1n) is 7.02. The Hall–Kier alpha value is -2.10. The van der Waals surface area contributed by atoms with Crippen molar-refractivity contribution in [2.24, 2.45) is 0 Å². The van der Waals surface area contributed by atoms with Gasteiger partial charge in [-0.1, -0.05) is 37.3 Å². The normalized spacial score (nSPS) is 10.5. The van der Waals surface area contributed by atoms with E-state index >= 15 is 0 Å². The average molecular weight is 272 g/mol. The number of benzene rings is 1. The van der Waals surface area contributed by atoms with Crippen LogP contribution in [0.15, 0.2) is 36.4 Å². The van der Waals surface area contributed by atoms with Gasteiger partial charge in [0.15, 0.2) is 5.69 Å². The van der Waals surface area contributed by atoms with E-state index in [9.17, 15) is 4.79 Å². The maximum absolute atomic E-state index is 11.8. The highest BCUT2D eigenvalue weighted by molar-refractivity contribution is 5.87. The molecule has 4 nitrogen and oxygen atoms in total. The molecule has 0 saturated heterocycles. The second-order valence-electron chi connectivity index (χ2n) is 4.63. The van der Waals surface area contributed by atoms with E-state index in [1.54, 1.807) is 6.92 Å². The van der Waals surface area contributed by atoms with Crippen molar-refractivity contribution in [2.75, 3.05) is 6.61 Å². The van der Waals surface area contributed by atoms with Crippen LogP contribution in [-0.4, -0.2) is 22.4 Å². The summed E-state index contributed by atoms with van der Waals surface area (Å²) in [6.45, 7) is 5.07. The molecule has 0 fully saturated rings. The maximum atomic E-state index is 11.8. The smallest absolute Gasteiger partial charge is 0.358 e. The predicted octanol–water partition coefficient (Wildman–Crippen LogP) is 3.06. The Morgan fingerprint density at radius 1 is 1.25 bits per heavy atom. The molecule has 0 saturated carbocycles. The van der Waals surface area contributed by atoms with Gasteiger partial charge in [0.2, 0.25) is 0 Å². The number of nitrogens with zero attached hydrogens (tertiary/aromatic N) is 2. The number of hydrogen-bond donors (Lipinski definition) is 0.